The molecule has 1 fully saturated rings. The number of carbonyl (C=O) groups is 4. The number of benzene rings is 1. The van der Waals surface area contributed by atoms with Crippen LogP contribution in [0.4, 0.5) is 10.5 Å². The van der Waals surface area contributed by atoms with E-state index in [2.05, 4.69) is 5.32 Å². The van der Waals surface area contributed by atoms with Gasteiger partial charge in [0.25, 0.3) is 11.1 Å². The van der Waals surface area contributed by atoms with Crippen LogP contribution in [-0.4, -0.2) is 28.1 Å². The largest absolute Gasteiger partial charge is 0.478 e. The van der Waals surface area contributed by atoms with E-state index in [0.29, 0.717) is 11.8 Å². The number of hydrogen-bond acceptors (Lipinski definition) is 5. The first-order valence-corrected chi connectivity index (χ1v) is 6.17. The minimum absolute atomic E-state index is 0.0414. The van der Waals surface area contributed by atoms with E-state index in [4.69, 9.17) is 5.11 Å². The van der Waals surface area contributed by atoms with Crippen molar-refractivity contribution in [1.29, 1.82) is 0 Å². The number of carboxylic acids is 1. The van der Waals surface area contributed by atoms with Gasteiger partial charge in [0, 0.05) is 6.08 Å². The number of thioether (sulfide) groups is 1. The first-order chi connectivity index (χ1) is 9.47. The third kappa shape index (κ3) is 3.04. The molecule has 2 rings (SSSR count). The molecule has 0 saturated carbocycles. The Morgan fingerprint density at radius 2 is 1.95 bits per heavy atom. The van der Waals surface area contributed by atoms with Crippen LogP contribution >= 0.6 is 11.8 Å². The Morgan fingerprint density at radius 3 is 2.55 bits per heavy atom. The van der Waals surface area contributed by atoms with Crippen molar-refractivity contribution in [2.24, 2.45) is 0 Å². The number of rotatable bonds is 3. The van der Waals surface area contributed by atoms with Crippen LogP contribution in [0.25, 0.3) is 0 Å². The molecule has 1 aliphatic heterocycles. The van der Waals surface area contributed by atoms with Crippen molar-refractivity contribution in [1.82, 2.24) is 5.32 Å². The van der Waals surface area contributed by atoms with E-state index in [1.165, 1.54) is 18.2 Å². The number of imide groups is 1. The van der Waals surface area contributed by atoms with Crippen molar-refractivity contribution >= 4 is 40.5 Å². The SMILES string of the molecule is O=C(/C=C1/SC(=O)NC1=O)Nc1ccccc1C(=O)O. The number of amides is 3. The molecule has 102 valence electrons. The summed E-state index contributed by atoms with van der Waals surface area (Å²) in [7, 11) is 0. The number of nitrogens with one attached hydrogen (secondary N) is 2. The number of anilines is 1. The second-order valence-electron chi connectivity index (χ2n) is 3.69. The molecular weight excluding hydrogens is 284 g/mol. The molecule has 7 nitrogen and oxygen atoms in total. The van der Waals surface area contributed by atoms with Crippen LogP contribution in [0.1, 0.15) is 10.4 Å². The van der Waals surface area contributed by atoms with Crippen molar-refractivity contribution in [3.05, 3.63) is 40.8 Å². The molecule has 0 bridgehead atoms. The molecule has 0 atom stereocenters. The van der Waals surface area contributed by atoms with Gasteiger partial charge in [-0.05, 0) is 23.9 Å². The number of carboxylic acid groups (broad SMARTS) is 1. The lowest BCUT2D eigenvalue weighted by Gasteiger charge is -2.05. The van der Waals surface area contributed by atoms with Crippen LogP contribution in [0.2, 0.25) is 0 Å². The van der Waals surface area contributed by atoms with Gasteiger partial charge in [0.05, 0.1) is 16.2 Å². The lowest BCUT2D eigenvalue weighted by atomic mass is 10.2. The first-order valence-electron chi connectivity index (χ1n) is 5.35. The van der Waals surface area contributed by atoms with Gasteiger partial charge in [-0.3, -0.25) is 19.7 Å². The van der Waals surface area contributed by atoms with Gasteiger partial charge in [-0.2, -0.15) is 0 Å². The summed E-state index contributed by atoms with van der Waals surface area (Å²) in [5, 5.41) is 12.8. The smallest absolute Gasteiger partial charge is 0.337 e. The second-order valence-corrected chi connectivity index (χ2v) is 4.71. The highest BCUT2D eigenvalue weighted by Crippen LogP contribution is 2.23. The van der Waals surface area contributed by atoms with Gasteiger partial charge in [0.1, 0.15) is 0 Å². The predicted molar refractivity (Wildman–Crippen MR) is 71.2 cm³/mol. The van der Waals surface area contributed by atoms with Gasteiger partial charge in [-0.25, -0.2) is 4.79 Å². The van der Waals surface area contributed by atoms with Crippen molar-refractivity contribution in [2.75, 3.05) is 5.32 Å². The third-order valence-corrected chi connectivity index (χ3v) is 3.13. The topological polar surface area (TPSA) is 113 Å². The highest BCUT2D eigenvalue weighted by atomic mass is 32.2. The van der Waals surface area contributed by atoms with Crippen LogP contribution in [0.5, 0.6) is 0 Å². The molecule has 1 saturated heterocycles. The van der Waals surface area contributed by atoms with Crippen LogP contribution in [-0.2, 0) is 9.59 Å². The number of para-hydroxylation sites is 1. The fourth-order valence-electron chi connectivity index (χ4n) is 1.49. The Hall–Kier alpha value is -2.61. The van der Waals surface area contributed by atoms with Crippen molar-refractivity contribution < 1.29 is 24.3 Å². The molecule has 0 spiro atoms. The number of aromatic carboxylic acids is 1. The summed E-state index contributed by atoms with van der Waals surface area (Å²) in [4.78, 5) is 44.8. The summed E-state index contributed by atoms with van der Waals surface area (Å²) < 4.78 is 0. The Morgan fingerprint density at radius 1 is 1.25 bits per heavy atom. The minimum atomic E-state index is -1.18. The molecular formula is C12H8N2O5S. The Kier molecular flexibility index (Phi) is 3.85. The molecule has 20 heavy (non-hydrogen) atoms. The molecule has 0 radical (unpaired) electrons. The molecule has 1 aromatic rings. The third-order valence-electron chi connectivity index (χ3n) is 2.32. The zero-order valence-electron chi connectivity index (χ0n) is 9.88. The first kappa shape index (κ1) is 13.8. The molecule has 0 unspecified atom stereocenters. The predicted octanol–water partition coefficient (Wildman–Crippen LogP) is 1.19. The summed E-state index contributed by atoms with van der Waals surface area (Å²) in [6.45, 7) is 0. The Labute approximate surface area is 117 Å². The molecule has 1 heterocycles. The molecule has 8 heteroatoms. The molecule has 3 amide bonds. The van der Waals surface area contributed by atoms with Gasteiger partial charge in [-0.1, -0.05) is 12.1 Å². The number of hydrogen-bond donors (Lipinski definition) is 3. The van der Waals surface area contributed by atoms with Crippen LogP contribution in [0.3, 0.4) is 0 Å². The van der Waals surface area contributed by atoms with E-state index >= 15 is 0 Å². The minimum Gasteiger partial charge on any atom is -0.478 e. The second kappa shape index (κ2) is 5.57. The maximum atomic E-state index is 11.7. The van der Waals surface area contributed by atoms with Gasteiger partial charge in [0.2, 0.25) is 5.91 Å². The number of carbonyl (C=O) groups excluding carboxylic acids is 3. The molecule has 0 aromatic heterocycles. The van der Waals surface area contributed by atoms with Gasteiger partial charge in [-0.15, -0.1) is 0 Å². The Bertz CT molecular complexity index is 653. The van der Waals surface area contributed by atoms with Crippen LogP contribution in [0.15, 0.2) is 35.2 Å². The average molecular weight is 292 g/mol. The summed E-state index contributed by atoms with van der Waals surface area (Å²) >= 11 is 0.607. The van der Waals surface area contributed by atoms with Gasteiger partial charge in [0.15, 0.2) is 0 Å². The maximum absolute atomic E-state index is 11.7. The summed E-state index contributed by atoms with van der Waals surface area (Å²) in [6.07, 6.45) is 0.948. The van der Waals surface area contributed by atoms with E-state index in [-0.39, 0.29) is 16.2 Å². The van der Waals surface area contributed by atoms with E-state index in [1.54, 1.807) is 6.07 Å². The summed E-state index contributed by atoms with van der Waals surface area (Å²) in [5.74, 6) is -2.52. The van der Waals surface area contributed by atoms with E-state index in [0.717, 1.165) is 6.08 Å². The standard InChI is InChI=1S/C12H8N2O5S/c15-9(5-8-10(16)14-12(19)20-8)13-7-4-2-1-3-6(7)11(17)18/h1-5H,(H,13,15)(H,17,18)(H,14,16,19)/b8-5+. The van der Waals surface area contributed by atoms with Crippen LogP contribution < -0.4 is 10.6 Å². The van der Waals surface area contributed by atoms with Crippen molar-refractivity contribution in [3.63, 3.8) is 0 Å². The fourth-order valence-corrected chi connectivity index (χ4v) is 2.14. The van der Waals surface area contributed by atoms with E-state index < -0.39 is 23.0 Å². The maximum Gasteiger partial charge on any atom is 0.337 e. The van der Waals surface area contributed by atoms with Crippen molar-refractivity contribution in [2.45, 2.75) is 0 Å². The highest BCUT2D eigenvalue weighted by molar-refractivity contribution is 8.18. The normalized spacial score (nSPS) is 16.1. The van der Waals surface area contributed by atoms with E-state index in [9.17, 15) is 19.2 Å². The molecule has 3 N–H and O–H groups in total. The van der Waals surface area contributed by atoms with Gasteiger partial charge >= 0.3 is 5.97 Å². The summed E-state index contributed by atoms with van der Waals surface area (Å²) in [5.41, 5.74) is 0.0374. The zero-order valence-corrected chi connectivity index (χ0v) is 10.7. The zero-order chi connectivity index (χ0) is 14.7. The van der Waals surface area contributed by atoms with Gasteiger partial charge < -0.3 is 10.4 Å². The monoisotopic (exact) mass is 292 g/mol. The lowest BCUT2D eigenvalue weighted by molar-refractivity contribution is -0.116. The fraction of sp³-hybridized carbons (Fsp3) is 0. The van der Waals surface area contributed by atoms with E-state index in [1.807, 2.05) is 5.32 Å². The highest BCUT2D eigenvalue weighted by Gasteiger charge is 2.26. The molecule has 0 aliphatic carbocycles. The lowest BCUT2D eigenvalue weighted by Crippen LogP contribution is -2.19. The quantitative estimate of drug-likeness (QED) is 0.721. The summed E-state index contributed by atoms with van der Waals surface area (Å²) in [6, 6.07) is 5.85. The molecule has 1 aliphatic rings. The average Bonchev–Trinajstić information content (AvgIpc) is 2.68. The van der Waals surface area contributed by atoms with Crippen molar-refractivity contribution in [3.8, 4) is 0 Å². The van der Waals surface area contributed by atoms with Crippen LogP contribution in [0, 0.1) is 0 Å². The molecule has 1 aromatic carbocycles. The Balaban J connectivity index is 2.17.